The molecule has 0 spiro atoms. The molecule has 0 aliphatic heterocycles. The number of benzene rings is 2. The van der Waals surface area contributed by atoms with Gasteiger partial charge in [0, 0.05) is 5.75 Å². The van der Waals surface area contributed by atoms with Crippen molar-refractivity contribution in [3.05, 3.63) is 71.3 Å². The zero-order valence-corrected chi connectivity index (χ0v) is 13.2. The molecule has 0 heterocycles. The maximum Gasteiger partial charge on any atom is 0.0725 e. The van der Waals surface area contributed by atoms with E-state index < -0.39 is 0 Å². The van der Waals surface area contributed by atoms with Gasteiger partial charge in [-0.1, -0.05) is 61.5 Å². The topological polar surface area (TPSA) is 20.2 Å². The van der Waals surface area contributed by atoms with Gasteiger partial charge in [0.25, 0.3) is 0 Å². The number of hydrogen-bond acceptors (Lipinski definition) is 2. The molecular formula is C19H22OS. The first kappa shape index (κ1) is 14.7. The molecule has 3 unspecified atom stereocenters. The van der Waals surface area contributed by atoms with Crippen molar-refractivity contribution in [3.63, 3.8) is 0 Å². The summed E-state index contributed by atoms with van der Waals surface area (Å²) < 4.78 is 0. The molecule has 21 heavy (non-hydrogen) atoms. The number of hydrogen-bond donors (Lipinski definition) is 1. The Bertz CT molecular complexity index is 581. The van der Waals surface area contributed by atoms with Crippen molar-refractivity contribution in [1.82, 2.24) is 0 Å². The van der Waals surface area contributed by atoms with Gasteiger partial charge in [-0.2, -0.15) is 0 Å². The number of fused-ring (bicyclic) bond motifs is 1. The van der Waals surface area contributed by atoms with Crippen molar-refractivity contribution >= 4 is 11.8 Å². The Balaban J connectivity index is 1.83. The minimum absolute atomic E-state index is 0.180. The quantitative estimate of drug-likeness (QED) is 0.835. The molecule has 2 aromatic carbocycles. The van der Waals surface area contributed by atoms with E-state index in [0.717, 1.165) is 18.6 Å². The first-order valence-electron chi connectivity index (χ1n) is 7.67. The predicted octanol–water partition coefficient (Wildman–Crippen LogP) is 4.60. The van der Waals surface area contributed by atoms with Gasteiger partial charge in [0.1, 0.15) is 0 Å². The second kappa shape index (κ2) is 6.67. The van der Waals surface area contributed by atoms with Gasteiger partial charge < -0.3 is 5.11 Å². The molecular weight excluding hydrogens is 276 g/mol. The molecule has 0 saturated carbocycles. The zero-order chi connectivity index (χ0) is 14.7. The lowest BCUT2D eigenvalue weighted by atomic mass is 9.98. The van der Waals surface area contributed by atoms with Gasteiger partial charge in [-0.25, -0.2) is 0 Å². The van der Waals surface area contributed by atoms with Crippen molar-refractivity contribution < 1.29 is 5.11 Å². The van der Waals surface area contributed by atoms with Crippen molar-refractivity contribution in [1.29, 1.82) is 0 Å². The summed E-state index contributed by atoms with van der Waals surface area (Å²) in [4.78, 5) is 0. The molecule has 0 radical (unpaired) electrons. The van der Waals surface area contributed by atoms with Gasteiger partial charge in [0.05, 0.1) is 11.4 Å². The maximum atomic E-state index is 10.7. The van der Waals surface area contributed by atoms with Crippen LogP contribution in [-0.2, 0) is 12.2 Å². The van der Waals surface area contributed by atoms with E-state index in [1.807, 2.05) is 17.8 Å². The Morgan fingerprint density at radius 1 is 1.05 bits per heavy atom. The van der Waals surface area contributed by atoms with Crippen molar-refractivity contribution in [2.75, 3.05) is 0 Å². The van der Waals surface area contributed by atoms with E-state index >= 15 is 0 Å². The molecule has 1 aliphatic rings. The minimum Gasteiger partial charge on any atom is -0.391 e. The number of aliphatic hydroxyl groups is 1. The van der Waals surface area contributed by atoms with Crippen LogP contribution in [0.2, 0.25) is 0 Å². The van der Waals surface area contributed by atoms with Crippen molar-refractivity contribution in [2.24, 2.45) is 5.92 Å². The molecule has 0 amide bonds. The number of rotatable bonds is 3. The molecule has 110 valence electrons. The van der Waals surface area contributed by atoms with Gasteiger partial charge in [0.2, 0.25) is 0 Å². The summed E-state index contributed by atoms with van der Waals surface area (Å²) in [6.07, 6.45) is 1.89. The van der Waals surface area contributed by atoms with E-state index in [2.05, 4.69) is 55.5 Å². The molecule has 1 aliphatic carbocycles. The van der Waals surface area contributed by atoms with E-state index in [0.29, 0.717) is 5.92 Å². The molecule has 3 rings (SSSR count). The Hall–Kier alpha value is -1.25. The molecule has 0 saturated heterocycles. The van der Waals surface area contributed by atoms with Crippen LogP contribution in [0.3, 0.4) is 0 Å². The van der Waals surface area contributed by atoms with Crippen LogP contribution in [0.4, 0.5) is 0 Å². The van der Waals surface area contributed by atoms with Gasteiger partial charge in [0.15, 0.2) is 0 Å². The van der Waals surface area contributed by atoms with Crippen LogP contribution in [0.1, 0.15) is 35.3 Å². The van der Waals surface area contributed by atoms with Crippen molar-refractivity contribution in [3.8, 4) is 0 Å². The van der Waals surface area contributed by atoms with Crippen LogP contribution in [0.25, 0.3) is 0 Å². The fourth-order valence-electron chi connectivity index (χ4n) is 3.02. The van der Waals surface area contributed by atoms with E-state index in [-0.39, 0.29) is 11.4 Å². The van der Waals surface area contributed by atoms with Crippen LogP contribution < -0.4 is 0 Å². The van der Waals surface area contributed by atoms with Gasteiger partial charge in [-0.05, 0) is 35.4 Å². The third-order valence-electron chi connectivity index (χ3n) is 4.40. The van der Waals surface area contributed by atoms with Crippen LogP contribution in [-0.4, -0.2) is 11.2 Å². The fraction of sp³-hybridized carbons (Fsp3) is 0.368. The molecule has 0 fully saturated rings. The smallest absolute Gasteiger partial charge is 0.0725 e. The van der Waals surface area contributed by atoms with Crippen molar-refractivity contribution in [2.45, 2.75) is 36.9 Å². The first-order chi connectivity index (χ1) is 10.3. The second-order valence-corrected chi connectivity index (χ2v) is 7.05. The maximum absolute atomic E-state index is 10.7. The predicted molar refractivity (Wildman–Crippen MR) is 90.4 cm³/mol. The molecule has 2 aromatic rings. The number of aliphatic hydroxyl groups excluding tert-OH is 1. The lowest BCUT2D eigenvalue weighted by Crippen LogP contribution is -2.22. The average Bonchev–Trinajstić information content (AvgIpc) is 2.65. The summed E-state index contributed by atoms with van der Waals surface area (Å²) in [5.74, 6) is 1.30. The monoisotopic (exact) mass is 298 g/mol. The fourth-order valence-corrected chi connectivity index (χ4v) is 4.46. The highest BCUT2D eigenvalue weighted by Crippen LogP contribution is 2.42. The number of thioether (sulfide) groups is 1. The molecule has 1 N–H and O–H groups in total. The average molecular weight is 298 g/mol. The third-order valence-corrected chi connectivity index (χ3v) is 5.79. The summed E-state index contributed by atoms with van der Waals surface area (Å²) in [5.41, 5.74) is 4.06. The molecule has 3 atom stereocenters. The Morgan fingerprint density at radius 2 is 1.76 bits per heavy atom. The molecule has 1 nitrogen and oxygen atoms in total. The van der Waals surface area contributed by atoms with E-state index in [4.69, 9.17) is 0 Å². The van der Waals surface area contributed by atoms with E-state index in [1.165, 1.54) is 16.7 Å². The Labute approximate surface area is 131 Å². The first-order valence-corrected chi connectivity index (χ1v) is 8.72. The largest absolute Gasteiger partial charge is 0.391 e. The lowest BCUT2D eigenvalue weighted by molar-refractivity contribution is 0.113. The standard InChI is InChI=1S/C19H22OS/c1-14-11-12-16-9-5-6-10-17(16)19(18(14)20)21-13-15-7-3-2-4-8-15/h2-10,14,18-20H,11-13H2,1H3. The molecule has 0 aromatic heterocycles. The van der Waals surface area contributed by atoms with Gasteiger partial charge >= 0.3 is 0 Å². The van der Waals surface area contributed by atoms with Crippen LogP contribution in [0.5, 0.6) is 0 Å². The summed E-state index contributed by atoms with van der Waals surface area (Å²) in [7, 11) is 0. The highest BCUT2D eigenvalue weighted by Gasteiger charge is 2.30. The minimum atomic E-state index is -0.262. The Morgan fingerprint density at radius 3 is 2.57 bits per heavy atom. The number of aryl methyl sites for hydroxylation is 1. The third kappa shape index (κ3) is 3.33. The van der Waals surface area contributed by atoms with E-state index in [1.54, 1.807) is 0 Å². The molecule has 0 bridgehead atoms. The summed E-state index contributed by atoms with van der Waals surface area (Å²) >= 11 is 1.87. The lowest BCUT2D eigenvalue weighted by Gasteiger charge is -2.25. The second-order valence-electron chi connectivity index (χ2n) is 5.92. The summed E-state index contributed by atoms with van der Waals surface area (Å²) in [6, 6.07) is 19.1. The highest BCUT2D eigenvalue weighted by molar-refractivity contribution is 7.98. The normalized spacial score (nSPS) is 25.1. The SMILES string of the molecule is CC1CCc2ccccc2C(SCc2ccccc2)C1O. The highest BCUT2D eigenvalue weighted by atomic mass is 32.2. The summed E-state index contributed by atoms with van der Waals surface area (Å²) in [6.45, 7) is 2.17. The zero-order valence-electron chi connectivity index (χ0n) is 12.4. The van der Waals surface area contributed by atoms with Gasteiger partial charge in [-0.15, -0.1) is 11.8 Å². The van der Waals surface area contributed by atoms with E-state index in [9.17, 15) is 5.11 Å². The van der Waals surface area contributed by atoms with Gasteiger partial charge in [-0.3, -0.25) is 0 Å². The van der Waals surface area contributed by atoms with Crippen LogP contribution in [0, 0.1) is 5.92 Å². The van der Waals surface area contributed by atoms with Crippen LogP contribution >= 0.6 is 11.8 Å². The Kier molecular flexibility index (Phi) is 4.67. The van der Waals surface area contributed by atoms with Crippen LogP contribution in [0.15, 0.2) is 54.6 Å². The summed E-state index contributed by atoms with van der Waals surface area (Å²) in [5, 5.41) is 10.9. The molecule has 2 heteroatoms.